The van der Waals surface area contributed by atoms with Gasteiger partial charge in [0.1, 0.15) is 0 Å². The largest absolute Gasteiger partial charge is 0.398 e. The van der Waals surface area contributed by atoms with E-state index in [1.54, 1.807) is 18.2 Å². The number of benzene rings is 2. The van der Waals surface area contributed by atoms with Crippen LogP contribution in [-0.2, 0) is 9.59 Å². The summed E-state index contributed by atoms with van der Waals surface area (Å²) in [4.78, 5) is 40.5. The topological polar surface area (TPSA) is 95.7 Å². The smallest absolute Gasteiger partial charge is 0.316 e. The highest BCUT2D eigenvalue weighted by atomic mass is 16.2. The van der Waals surface area contributed by atoms with Gasteiger partial charge in [-0.1, -0.05) is 24.3 Å². The molecule has 146 valence electrons. The Morgan fingerprint density at radius 3 is 2.29 bits per heavy atom. The van der Waals surface area contributed by atoms with Crippen LogP contribution >= 0.6 is 0 Å². The zero-order valence-electron chi connectivity index (χ0n) is 16.1. The number of nitrogens with two attached hydrogens (primary N) is 1. The first kappa shape index (κ1) is 19.4. The molecule has 2 aromatic rings. The minimum atomic E-state index is -0.937. The van der Waals surface area contributed by atoms with Crippen LogP contribution in [-0.4, -0.2) is 48.8 Å². The number of nitrogens with one attached hydrogen (secondary N) is 1. The summed E-state index contributed by atoms with van der Waals surface area (Å²) in [6.45, 7) is 6.24. The molecule has 0 bridgehead atoms. The van der Waals surface area contributed by atoms with Crippen LogP contribution in [0.5, 0.6) is 0 Å². The summed E-state index contributed by atoms with van der Waals surface area (Å²) < 4.78 is 0. The van der Waals surface area contributed by atoms with Crippen LogP contribution in [0.25, 0.3) is 0 Å². The number of anilines is 2. The fourth-order valence-corrected chi connectivity index (χ4v) is 3.30. The van der Waals surface area contributed by atoms with Crippen LogP contribution < -0.4 is 16.0 Å². The lowest BCUT2D eigenvalue weighted by Crippen LogP contribution is -2.53. The molecule has 1 heterocycles. The molecule has 1 aliphatic heterocycles. The van der Waals surface area contributed by atoms with Gasteiger partial charge in [0.25, 0.3) is 5.91 Å². The molecule has 0 unspecified atom stereocenters. The van der Waals surface area contributed by atoms with E-state index in [2.05, 4.69) is 36.2 Å². The Morgan fingerprint density at radius 1 is 0.929 bits per heavy atom. The van der Waals surface area contributed by atoms with Crippen molar-refractivity contribution in [2.75, 3.05) is 36.8 Å². The van der Waals surface area contributed by atoms with E-state index in [9.17, 15) is 14.4 Å². The molecule has 3 amide bonds. The summed E-state index contributed by atoms with van der Waals surface area (Å²) in [6, 6.07) is 12.6. The van der Waals surface area contributed by atoms with Crippen LogP contribution in [0.1, 0.15) is 21.5 Å². The van der Waals surface area contributed by atoms with E-state index >= 15 is 0 Å². The summed E-state index contributed by atoms with van der Waals surface area (Å²) in [5.74, 6) is -2.32. The molecule has 0 atom stereocenters. The molecule has 0 radical (unpaired) electrons. The van der Waals surface area contributed by atoms with Crippen molar-refractivity contribution in [3.63, 3.8) is 0 Å². The maximum Gasteiger partial charge on any atom is 0.316 e. The normalized spacial score (nSPS) is 13.9. The molecule has 0 spiro atoms. The predicted octanol–water partition coefficient (Wildman–Crippen LogP) is 1.49. The standard InChI is InChI=1S/C21H24N4O3/c1-14-6-5-9-18(15(14)2)24-10-12-25(13-11-24)21(28)20(27)23-19(26)16-7-3-4-8-17(16)22/h3-9H,10-13,22H2,1-2H3,(H,23,26,27). The molecule has 0 aliphatic carbocycles. The molecule has 7 heteroatoms. The number of para-hydroxylation sites is 1. The molecule has 1 saturated heterocycles. The third-order valence-electron chi connectivity index (χ3n) is 5.11. The number of nitrogens with zero attached hydrogens (tertiary/aromatic N) is 2. The summed E-state index contributed by atoms with van der Waals surface area (Å²) >= 11 is 0. The lowest BCUT2D eigenvalue weighted by atomic mass is 10.1. The molecule has 7 nitrogen and oxygen atoms in total. The van der Waals surface area contributed by atoms with Crippen LogP contribution in [0.2, 0.25) is 0 Å². The third kappa shape index (κ3) is 3.98. The Balaban J connectivity index is 1.59. The Hall–Kier alpha value is -3.35. The maximum atomic E-state index is 12.4. The van der Waals surface area contributed by atoms with Crippen molar-refractivity contribution in [1.82, 2.24) is 10.2 Å². The first-order chi connectivity index (χ1) is 13.4. The number of hydrogen-bond donors (Lipinski definition) is 2. The van der Waals surface area contributed by atoms with Gasteiger partial charge < -0.3 is 15.5 Å². The fraction of sp³-hybridized carbons (Fsp3) is 0.286. The Bertz CT molecular complexity index is 918. The van der Waals surface area contributed by atoms with Gasteiger partial charge in [-0.05, 0) is 43.2 Å². The number of imide groups is 1. The average molecular weight is 380 g/mol. The molecule has 0 aromatic heterocycles. The zero-order valence-corrected chi connectivity index (χ0v) is 16.1. The Kier molecular flexibility index (Phi) is 5.63. The summed E-state index contributed by atoms with van der Waals surface area (Å²) in [6.07, 6.45) is 0. The number of carbonyl (C=O) groups excluding carboxylic acids is 3. The van der Waals surface area contributed by atoms with Crippen molar-refractivity contribution in [2.24, 2.45) is 0 Å². The van der Waals surface area contributed by atoms with Crippen LogP contribution in [0.4, 0.5) is 11.4 Å². The molecule has 3 rings (SSSR count). The number of piperazine rings is 1. The van der Waals surface area contributed by atoms with E-state index in [1.165, 1.54) is 22.1 Å². The van der Waals surface area contributed by atoms with Crippen molar-refractivity contribution in [2.45, 2.75) is 13.8 Å². The second-order valence-electron chi connectivity index (χ2n) is 6.87. The van der Waals surface area contributed by atoms with E-state index in [1.807, 2.05) is 6.07 Å². The number of aryl methyl sites for hydroxylation is 1. The van der Waals surface area contributed by atoms with Crippen molar-refractivity contribution >= 4 is 29.1 Å². The van der Waals surface area contributed by atoms with Crippen molar-refractivity contribution < 1.29 is 14.4 Å². The van der Waals surface area contributed by atoms with E-state index < -0.39 is 17.7 Å². The van der Waals surface area contributed by atoms with Crippen LogP contribution in [0.15, 0.2) is 42.5 Å². The van der Waals surface area contributed by atoms with E-state index in [4.69, 9.17) is 5.73 Å². The van der Waals surface area contributed by atoms with Crippen molar-refractivity contribution in [3.05, 3.63) is 59.2 Å². The molecule has 28 heavy (non-hydrogen) atoms. The average Bonchev–Trinajstić information content (AvgIpc) is 2.70. The predicted molar refractivity (Wildman–Crippen MR) is 108 cm³/mol. The monoisotopic (exact) mass is 380 g/mol. The minimum Gasteiger partial charge on any atom is -0.398 e. The van der Waals surface area contributed by atoms with E-state index in [0.717, 1.165) is 5.69 Å². The highest BCUT2D eigenvalue weighted by Gasteiger charge is 2.28. The molecule has 3 N–H and O–H groups in total. The van der Waals surface area contributed by atoms with E-state index in [0.29, 0.717) is 26.2 Å². The first-order valence-electron chi connectivity index (χ1n) is 9.18. The number of carbonyl (C=O) groups is 3. The quantitative estimate of drug-likeness (QED) is 0.608. The van der Waals surface area contributed by atoms with E-state index in [-0.39, 0.29) is 11.3 Å². The Morgan fingerprint density at radius 2 is 1.61 bits per heavy atom. The Labute approximate surface area is 164 Å². The second kappa shape index (κ2) is 8.12. The lowest BCUT2D eigenvalue weighted by Gasteiger charge is -2.36. The van der Waals surface area contributed by atoms with Gasteiger partial charge in [0.05, 0.1) is 5.56 Å². The highest BCUT2D eigenvalue weighted by molar-refractivity contribution is 6.38. The van der Waals surface area contributed by atoms with Gasteiger partial charge in [0, 0.05) is 37.6 Å². The molecule has 2 aromatic carbocycles. The lowest BCUT2D eigenvalue weighted by molar-refractivity contribution is -0.145. The minimum absolute atomic E-state index is 0.170. The maximum absolute atomic E-state index is 12.4. The van der Waals surface area contributed by atoms with Gasteiger partial charge in [-0.15, -0.1) is 0 Å². The van der Waals surface area contributed by atoms with Crippen LogP contribution in [0, 0.1) is 13.8 Å². The summed E-state index contributed by atoms with van der Waals surface area (Å²) in [5.41, 5.74) is 9.73. The zero-order chi connectivity index (χ0) is 20.3. The number of rotatable bonds is 2. The molecule has 1 fully saturated rings. The molecule has 0 saturated carbocycles. The number of hydrogen-bond acceptors (Lipinski definition) is 5. The van der Waals surface area contributed by atoms with Crippen molar-refractivity contribution in [1.29, 1.82) is 0 Å². The highest BCUT2D eigenvalue weighted by Crippen LogP contribution is 2.23. The van der Waals surface area contributed by atoms with Gasteiger partial charge in [-0.2, -0.15) is 0 Å². The second-order valence-corrected chi connectivity index (χ2v) is 6.87. The van der Waals surface area contributed by atoms with Gasteiger partial charge in [0.15, 0.2) is 0 Å². The third-order valence-corrected chi connectivity index (χ3v) is 5.11. The SMILES string of the molecule is Cc1cccc(N2CCN(C(=O)C(=O)NC(=O)c3ccccc3N)CC2)c1C. The van der Waals surface area contributed by atoms with Gasteiger partial charge in [-0.3, -0.25) is 19.7 Å². The summed E-state index contributed by atoms with van der Waals surface area (Å²) in [7, 11) is 0. The first-order valence-corrected chi connectivity index (χ1v) is 9.18. The number of amides is 3. The molecular weight excluding hydrogens is 356 g/mol. The van der Waals surface area contributed by atoms with Crippen LogP contribution in [0.3, 0.4) is 0 Å². The van der Waals surface area contributed by atoms with Gasteiger partial charge in [-0.25, -0.2) is 0 Å². The van der Waals surface area contributed by atoms with Gasteiger partial charge in [0.2, 0.25) is 0 Å². The summed E-state index contributed by atoms with van der Waals surface area (Å²) in [5, 5.41) is 2.13. The number of nitrogen functional groups attached to an aromatic ring is 1. The molecular formula is C21H24N4O3. The van der Waals surface area contributed by atoms with Gasteiger partial charge >= 0.3 is 11.8 Å². The molecule has 1 aliphatic rings. The fourth-order valence-electron chi connectivity index (χ4n) is 3.30. The van der Waals surface area contributed by atoms with Crippen molar-refractivity contribution in [3.8, 4) is 0 Å².